The van der Waals surface area contributed by atoms with Crippen LogP contribution in [0.5, 0.6) is 0 Å². The van der Waals surface area contributed by atoms with E-state index in [2.05, 4.69) is 41.1 Å². The quantitative estimate of drug-likeness (QED) is 0.851. The maximum atomic E-state index is 4.37. The zero-order chi connectivity index (χ0) is 10.5. The lowest BCUT2D eigenvalue weighted by molar-refractivity contribution is 0.447. The summed E-state index contributed by atoms with van der Waals surface area (Å²) in [6.45, 7) is 2.20. The van der Waals surface area contributed by atoms with Gasteiger partial charge in [0.05, 0.1) is 5.69 Å². The van der Waals surface area contributed by atoms with Crippen LogP contribution in [-0.2, 0) is 0 Å². The van der Waals surface area contributed by atoms with Crippen molar-refractivity contribution in [2.75, 3.05) is 11.5 Å². The van der Waals surface area contributed by atoms with Crippen LogP contribution in [0.2, 0.25) is 0 Å². The van der Waals surface area contributed by atoms with Crippen LogP contribution in [0.4, 0.5) is 0 Å². The van der Waals surface area contributed by atoms with E-state index in [1.54, 1.807) is 0 Å². The van der Waals surface area contributed by atoms with Crippen molar-refractivity contribution in [2.45, 2.75) is 31.8 Å². The topological polar surface area (TPSA) is 24.9 Å². The summed E-state index contributed by atoms with van der Waals surface area (Å²) < 4.78 is 0. The van der Waals surface area contributed by atoms with Gasteiger partial charge >= 0.3 is 0 Å². The average Bonchev–Trinajstić information content (AvgIpc) is 2.31. The molecule has 1 aromatic rings. The van der Waals surface area contributed by atoms with Crippen LogP contribution < -0.4 is 5.32 Å². The van der Waals surface area contributed by atoms with Crippen LogP contribution >= 0.6 is 11.8 Å². The van der Waals surface area contributed by atoms with Crippen molar-refractivity contribution in [1.82, 2.24) is 10.3 Å². The Kier molecular flexibility index (Phi) is 4.03. The molecule has 1 N–H and O–H groups in total. The molecule has 2 rings (SSSR count). The molecule has 2 atom stereocenters. The molecule has 2 nitrogen and oxygen atoms in total. The Labute approximate surface area is 95.9 Å². The second-order valence-corrected chi connectivity index (χ2v) is 5.21. The molecule has 1 fully saturated rings. The second-order valence-electron chi connectivity index (χ2n) is 4.06. The van der Waals surface area contributed by atoms with E-state index in [4.69, 9.17) is 0 Å². The van der Waals surface area contributed by atoms with Gasteiger partial charge in [-0.25, -0.2) is 0 Å². The molecular formula is C12H18N2S. The normalized spacial score (nSPS) is 23.7. The van der Waals surface area contributed by atoms with Crippen molar-refractivity contribution in [3.8, 4) is 0 Å². The van der Waals surface area contributed by atoms with Gasteiger partial charge in [-0.3, -0.25) is 4.98 Å². The summed E-state index contributed by atoms with van der Waals surface area (Å²) in [7, 11) is 0. The third kappa shape index (κ3) is 3.21. The first-order valence-electron chi connectivity index (χ1n) is 5.61. The lowest BCUT2D eigenvalue weighted by Gasteiger charge is -2.26. The average molecular weight is 222 g/mol. The maximum absolute atomic E-state index is 4.37. The molecule has 0 spiro atoms. The number of hydrogen-bond donors (Lipinski definition) is 1. The molecule has 0 aromatic carbocycles. The Morgan fingerprint density at radius 1 is 1.53 bits per heavy atom. The molecule has 3 heteroatoms. The zero-order valence-electron chi connectivity index (χ0n) is 9.15. The van der Waals surface area contributed by atoms with Gasteiger partial charge in [-0.2, -0.15) is 11.8 Å². The van der Waals surface area contributed by atoms with Gasteiger partial charge in [0.2, 0.25) is 0 Å². The van der Waals surface area contributed by atoms with Crippen LogP contribution in [0.25, 0.3) is 0 Å². The molecule has 15 heavy (non-hydrogen) atoms. The van der Waals surface area contributed by atoms with Crippen LogP contribution in [0, 0.1) is 0 Å². The summed E-state index contributed by atoms with van der Waals surface area (Å²) in [5, 5.41) is 3.65. The lowest BCUT2D eigenvalue weighted by atomic mass is 10.1. The molecule has 1 aliphatic rings. The molecule has 0 amide bonds. The summed E-state index contributed by atoms with van der Waals surface area (Å²) in [6.07, 6.45) is 4.52. The maximum Gasteiger partial charge on any atom is 0.0570 e. The summed E-state index contributed by atoms with van der Waals surface area (Å²) in [5.41, 5.74) is 1.15. The van der Waals surface area contributed by atoms with Gasteiger partial charge in [-0.15, -0.1) is 0 Å². The highest BCUT2D eigenvalue weighted by Gasteiger charge is 2.16. The predicted molar refractivity (Wildman–Crippen MR) is 66.1 cm³/mol. The van der Waals surface area contributed by atoms with Crippen LogP contribution in [-0.4, -0.2) is 22.5 Å². The summed E-state index contributed by atoms with van der Waals surface area (Å²) in [5.74, 6) is 2.58. The summed E-state index contributed by atoms with van der Waals surface area (Å²) in [4.78, 5) is 4.37. The van der Waals surface area contributed by atoms with E-state index in [1.807, 2.05) is 12.3 Å². The van der Waals surface area contributed by atoms with Crippen LogP contribution in [0.1, 0.15) is 31.5 Å². The van der Waals surface area contributed by atoms with Gasteiger partial charge in [0.15, 0.2) is 0 Å². The molecule has 0 bridgehead atoms. The van der Waals surface area contributed by atoms with Gasteiger partial charge < -0.3 is 5.32 Å². The van der Waals surface area contributed by atoms with E-state index in [1.165, 1.54) is 24.3 Å². The number of nitrogens with zero attached hydrogens (tertiary/aromatic N) is 1. The Bertz CT molecular complexity index is 283. The molecule has 1 aliphatic heterocycles. The molecule has 1 saturated heterocycles. The van der Waals surface area contributed by atoms with E-state index in [9.17, 15) is 0 Å². The second kappa shape index (κ2) is 5.52. The highest BCUT2D eigenvalue weighted by atomic mass is 32.2. The zero-order valence-corrected chi connectivity index (χ0v) is 9.96. The highest BCUT2D eigenvalue weighted by Crippen LogP contribution is 2.19. The first-order valence-corrected chi connectivity index (χ1v) is 6.76. The molecular weight excluding hydrogens is 204 g/mol. The Morgan fingerprint density at radius 2 is 2.47 bits per heavy atom. The lowest BCUT2D eigenvalue weighted by Crippen LogP contribution is -2.35. The fourth-order valence-electron chi connectivity index (χ4n) is 1.94. The number of hydrogen-bond acceptors (Lipinski definition) is 3. The number of nitrogens with one attached hydrogen (secondary N) is 1. The van der Waals surface area contributed by atoms with Crippen LogP contribution in [0.15, 0.2) is 24.4 Å². The van der Waals surface area contributed by atoms with Crippen molar-refractivity contribution in [3.05, 3.63) is 30.1 Å². The van der Waals surface area contributed by atoms with Crippen molar-refractivity contribution in [1.29, 1.82) is 0 Å². The van der Waals surface area contributed by atoms with E-state index < -0.39 is 0 Å². The third-order valence-electron chi connectivity index (χ3n) is 2.78. The Morgan fingerprint density at radius 3 is 3.13 bits per heavy atom. The predicted octanol–water partition coefficient (Wildman–Crippen LogP) is 2.63. The van der Waals surface area contributed by atoms with E-state index >= 15 is 0 Å². The molecule has 82 valence electrons. The van der Waals surface area contributed by atoms with Gasteiger partial charge in [-0.05, 0) is 37.7 Å². The fourth-order valence-corrected chi connectivity index (χ4v) is 3.03. The molecule has 2 heterocycles. The van der Waals surface area contributed by atoms with E-state index in [-0.39, 0.29) is 0 Å². The van der Waals surface area contributed by atoms with Gasteiger partial charge in [-0.1, -0.05) is 6.07 Å². The van der Waals surface area contributed by atoms with Crippen molar-refractivity contribution in [3.63, 3.8) is 0 Å². The smallest absolute Gasteiger partial charge is 0.0570 e. The number of aromatic nitrogens is 1. The van der Waals surface area contributed by atoms with Crippen molar-refractivity contribution >= 4 is 11.8 Å². The van der Waals surface area contributed by atoms with Crippen molar-refractivity contribution < 1.29 is 0 Å². The monoisotopic (exact) mass is 222 g/mol. The van der Waals surface area contributed by atoms with E-state index in [0.717, 1.165) is 5.69 Å². The highest BCUT2D eigenvalue weighted by molar-refractivity contribution is 7.99. The fraction of sp³-hybridized carbons (Fsp3) is 0.583. The van der Waals surface area contributed by atoms with Gasteiger partial charge in [0, 0.05) is 24.0 Å². The Balaban J connectivity index is 1.88. The first-order chi connectivity index (χ1) is 7.36. The van der Waals surface area contributed by atoms with Crippen LogP contribution in [0.3, 0.4) is 0 Å². The first kappa shape index (κ1) is 11.0. The molecule has 0 aliphatic carbocycles. The summed E-state index contributed by atoms with van der Waals surface area (Å²) in [6, 6.07) is 7.15. The van der Waals surface area contributed by atoms with E-state index in [0.29, 0.717) is 12.1 Å². The Hall–Kier alpha value is -0.540. The summed E-state index contributed by atoms with van der Waals surface area (Å²) >= 11 is 2.06. The van der Waals surface area contributed by atoms with Crippen molar-refractivity contribution in [2.24, 2.45) is 0 Å². The number of pyridine rings is 1. The standard InChI is InChI=1S/C12H18N2S/c1-10(12-6-2-3-7-13-12)14-11-5-4-8-15-9-11/h2-3,6-7,10-11,14H,4-5,8-9H2,1H3. The number of thioether (sulfide) groups is 1. The molecule has 1 aromatic heterocycles. The number of rotatable bonds is 3. The SMILES string of the molecule is CC(NC1CCCSC1)c1ccccn1. The molecule has 2 unspecified atom stereocenters. The van der Waals surface area contributed by atoms with Gasteiger partial charge in [0.25, 0.3) is 0 Å². The largest absolute Gasteiger partial charge is 0.305 e. The molecule has 0 radical (unpaired) electrons. The minimum atomic E-state index is 0.370. The third-order valence-corrected chi connectivity index (χ3v) is 3.99. The van der Waals surface area contributed by atoms with Gasteiger partial charge in [0.1, 0.15) is 0 Å². The minimum absolute atomic E-state index is 0.370. The minimum Gasteiger partial charge on any atom is -0.305 e. The molecule has 0 saturated carbocycles.